The Morgan fingerprint density at radius 3 is 1.97 bits per heavy atom. The zero-order valence-electron chi connectivity index (χ0n) is 52.9. The number of likely N-dealkylation sites (tertiary alicyclic amines) is 1. The van der Waals surface area contributed by atoms with Crippen molar-refractivity contribution in [2.45, 2.75) is 196 Å². The Balaban J connectivity index is 1.04. The molecule has 2 saturated heterocycles. The smallest absolute Gasteiger partial charge is 0.245 e. The summed E-state index contributed by atoms with van der Waals surface area (Å²) in [5, 5.41) is 105. The van der Waals surface area contributed by atoms with Crippen LogP contribution in [0.25, 0.3) is 0 Å². The molecule has 32 heteroatoms. The summed E-state index contributed by atoms with van der Waals surface area (Å²) in [7, 11) is 1.25. The van der Waals surface area contributed by atoms with E-state index < -0.39 is 236 Å². The second-order valence-electron chi connectivity index (χ2n) is 25.0. The predicted octanol–water partition coefficient (Wildman–Crippen LogP) is -4.05. The number of carbonyl (C=O) groups excluding carboxylic acids is 12. The first-order chi connectivity index (χ1) is 44.4. The monoisotopic (exact) mass is 1320 g/mol. The summed E-state index contributed by atoms with van der Waals surface area (Å²) in [5.41, 5.74) is 0.598. The number of phenols is 2. The van der Waals surface area contributed by atoms with Gasteiger partial charge in [-0.15, -0.1) is 0 Å². The van der Waals surface area contributed by atoms with Gasteiger partial charge in [-0.2, -0.15) is 0 Å². The Morgan fingerprint density at radius 1 is 0.755 bits per heavy atom. The van der Waals surface area contributed by atoms with Crippen molar-refractivity contribution in [2.24, 2.45) is 17.6 Å². The van der Waals surface area contributed by atoms with E-state index >= 15 is 0 Å². The van der Waals surface area contributed by atoms with Gasteiger partial charge in [-0.05, 0) is 57.4 Å². The fourth-order valence-electron chi connectivity index (χ4n) is 12.8. The Morgan fingerprint density at radius 2 is 1.36 bits per heavy atom. The van der Waals surface area contributed by atoms with Crippen molar-refractivity contribution in [3.8, 4) is 17.2 Å². The number of ketones is 3. The number of β-amino-alcohol motifs (C(OH)–C–C–N with tert-alkyl or cyclic N) is 1. The van der Waals surface area contributed by atoms with Gasteiger partial charge in [0.2, 0.25) is 58.9 Å². The fourth-order valence-corrected chi connectivity index (χ4v) is 12.8. The van der Waals surface area contributed by atoms with Gasteiger partial charge in [0.25, 0.3) is 0 Å². The highest BCUT2D eigenvalue weighted by molar-refractivity contribution is 6.31. The van der Waals surface area contributed by atoms with E-state index in [4.69, 9.17) is 19.9 Å². The average molecular weight is 1320 g/mol. The van der Waals surface area contributed by atoms with E-state index in [0.29, 0.717) is 25.7 Å². The number of ether oxygens (including phenoxy) is 3. The molecule has 516 valence electrons. The van der Waals surface area contributed by atoms with Gasteiger partial charge < -0.3 is 103 Å². The highest BCUT2D eigenvalue weighted by Gasteiger charge is 2.51. The van der Waals surface area contributed by atoms with Crippen LogP contribution in [0, 0.1) is 11.8 Å². The molecule has 5 unspecified atom stereocenters. The molecule has 94 heavy (non-hydrogen) atoms. The van der Waals surface area contributed by atoms with E-state index in [0.717, 1.165) is 11.3 Å². The van der Waals surface area contributed by atoms with E-state index in [1.165, 1.54) is 46.1 Å². The molecule has 32 nitrogen and oxygen atoms in total. The van der Waals surface area contributed by atoms with E-state index in [-0.39, 0.29) is 53.3 Å². The molecular formula is C62H85N9O23. The van der Waals surface area contributed by atoms with Crippen molar-refractivity contribution in [1.82, 2.24) is 42.1 Å². The van der Waals surface area contributed by atoms with Crippen molar-refractivity contribution in [1.29, 1.82) is 0 Å². The van der Waals surface area contributed by atoms with Crippen LogP contribution in [0.5, 0.6) is 17.2 Å². The van der Waals surface area contributed by atoms with E-state index in [1.807, 2.05) is 0 Å². The largest absolute Gasteiger partial charge is 0.507 e. The second-order valence-corrected chi connectivity index (χ2v) is 25.0. The average Bonchev–Trinajstić information content (AvgIpc) is 0.794. The number of phenolic OH excluding ortho intramolecular Hbond substituents is 2. The molecule has 2 aromatic rings. The molecule has 7 rings (SSSR count). The third kappa shape index (κ3) is 16.4. The lowest BCUT2D eigenvalue weighted by Gasteiger charge is -2.43. The van der Waals surface area contributed by atoms with Gasteiger partial charge in [0.15, 0.2) is 17.9 Å². The zero-order chi connectivity index (χ0) is 69.4. The van der Waals surface area contributed by atoms with Crippen LogP contribution < -0.4 is 47.7 Å². The van der Waals surface area contributed by atoms with Crippen molar-refractivity contribution >= 4 is 70.5 Å². The first-order valence-corrected chi connectivity index (χ1v) is 31.2. The van der Waals surface area contributed by atoms with Crippen LogP contribution in [0.3, 0.4) is 0 Å². The number of aliphatic hydroxyl groups excluding tert-OH is 5. The molecule has 5 aliphatic rings. The lowest BCUT2D eigenvalue weighted by molar-refractivity contribution is -0.249. The highest BCUT2D eigenvalue weighted by Crippen LogP contribution is 2.53. The lowest BCUT2D eigenvalue weighted by Crippen LogP contribution is -2.62. The summed E-state index contributed by atoms with van der Waals surface area (Å²) in [5.74, 6) is -13.8. The molecule has 1 saturated carbocycles. The molecule has 0 aromatic heterocycles. The summed E-state index contributed by atoms with van der Waals surface area (Å²) >= 11 is 0. The molecule has 0 radical (unpaired) electrons. The molecule has 17 N–H and O–H groups in total. The van der Waals surface area contributed by atoms with Gasteiger partial charge in [-0.25, -0.2) is 0 Å². The maximum absolute atomic E-state index is 14.4. The molecule has 3 fully saturated rings. The van der Waals surface area contributed by atoms with Crippen molar-refractivity contribution in [3.63, 3.8) is 0 Å². The SMILES string of the molecule is COc1cccc2c1C(=O)c1c(O)c3c(c(O)c1C2=O)C[C@@](O)(C(=O)CO)C[C@@H]3OC1CC(NC(=O)[C@H](CC(C)C)NC(=O)[C@H](CO)NC(=O)[C@H](CCC(N)=O)NC(=O)[C@@H](NC(=O)[C@H](CO)NC(=O)[C@H](C)NC(=O)C2C[C@@H](O)CN2C(C)=O)C2CCCCC2)C(O)C(C)O1. The third-order valence-electron chi connectivity index (χ3n) is 17.8. The third-order valence-corrected chi connectivity index (χ3v) is 17.8. The maximum atomic E-state index is 14.4. The number of aliphatic hydroxyl groups is 6. The summed E-state index contributed by atoms with van der Waals surface area (Å²) in [6.07, 6.45) is -7.03. The maximum Gasteiger partial charge on any atom is 0.245 e. The number of primary amides is 1. The van der Waals surface area contributed by atoms with Crippen LogP contribution in [0.1, 0.15) is 154 Å². The van der Waals surface area contributed by atoms with Gasteiger partial charge in [0, 0.05) is 62.3 Å². The number of benzene rings is 2. The fraction of sp³-hybridized carbons (Fsp3) is 0.613. The van der Waals surface area contributed by atoms with Gasteiger partial charge in [0.1, 0.15) is 77.9 Å². The second kappa shape index (κ2) is 31.3. The molecule has 0 bridgehead atoms. The standard InChI is InChI=1S/C62H85N9O23/c1-26(2)17-36(57(86)66-35-19-44(93-28(4)50(35)79)94-41-21-62(91,42(77)25-74)20-33-46(41)54(83)48-47(52(33)81)51(80)32-13-10-14-40(92-6)45(32)53(48)82)67-58(87)37(23-72)69-56(85)34(15-16-43(63)78)65-61(90)49(30-11-8-7-9-12-30)70-59(88)38(24-73)68-55(84)27(3)64-60(89)39-18-31(76)22-71(39)29(5)75/h10,13-14,26-28,30-31,34-39,41,44,49-50,72-74,76,79,81,83,91H,7-9,11-12,15-25H2,1-6H3,(H2,63,78)(H,64,89)(H,65,90)(H,66,86)(H,67,87)(H,68,84)(H,69,85)(H,70,88)/t27-,28?,31+,34-,35?,36-,37-,38-,39?,41-,44?,49-,50?,62-/m0/s1. The minimum atomic E-state index is -2.50. The summed E-state index contributed by atoms with van der Waals surface area (Å²) < 4.78 is 17.7. The van der Waals surface area contributed by atoms with Gasteiger partial charge >= 0.3 is 0 Å². The Bertz CT molecular complexity index is 3270. The highest BCUT2D eigenvalue weighted by atomic mass is 16.7. The molecule has 14 atom stereocenters. The van der Waals surface area contributed by atoms with Crippen LogP contribution in [-0.2, 0) is 63.8 Å². The summed E-state index contributed by atoms with van der Waals surface area (Å²) in [6, 6.07) is -7.66. The number of rotatable bonds is 27. The first kappa shape index (κ1) is 73.2. The Kier molecular flexibility index (Phi) is 24.4. The number of aromatic hydroxyl groups is 2. The van der Waals surface area contributed by atoms with E-state index in [2.05, 4.69) is 37.2 Å². The number of fused-ring (bicyclic) bond motifs is 3. The van der Waals surface area contributed by atoms with Gasteiger partial charge in [0.05, 0.1) is 61.4 Å². The minimum absolute atomic E-state index is 0.0222. The molecule has 0 spiro atoms. The number of hydrogen-bond acceptors (Lipinski definition) is 23. The number of methoxy groups -OCH3 is 1. The zero-order valence-corrected chi connectivity index (χ0v) is 52.9. The molecule has 2 aliphatic heterocycles. The Labute approximate surface area is 539 Å². The predicted molar refractivity (Wildman–Crippen MR) is 323 cm³/mol. The summed E-state index contributed by atoms with van der Waals surface area (Å²) in [6.45, 7) is 3.93. The number of nitrogens with zero attached hydrogens (tertiary/aromatic N) is 1. The Hall–Kier alpha value is -8.24. The lowest BCUT2D eigenvalue weighted by atomic mass is 9.72. The topological polar surface area (TPSA) is 508 Å². The van der Waals surface area contributed by atoms with Crippen LogP contribution in [0.4, 0.5) is 0 Å². The van der Waals surface area contributed by atoms with Crippen LogP contribution in [0.2, 0.25) is 0 Å². The number of nitrogens with two attached hydrogens (primary N) is 1. The van der Waals surface area contributed by atoms with E-state index in [9.17, 15) is 98.4 Å². The number of Topliss-reactive ketones (excluding diaryl/α,β-unsaturated/α-hetero) is 1. The first-order valence-electron chi connectivity index (χ1n) is 31.2. The van der Waals surface area contributed by atoms with Crippen molar-refractivity contribution < 1.29 is 113 Å². The van der Waals surface area contributed by atoms with E-state index in [1.54, 1.807) is 13.8 Å². The molecular weight excluding hydrogens is 1240 g/mol. The number of carbonyl (C=O) groups is 12. The quantitative estimate of drug-likeness (QED) is 0.0323. The molecule has 3 aliphatic carbocycles. The van der Waals surface area contributed by atoms with Gasteiger partial charge in [-0.1, -0.05) is 45.2 Å². The van der Waals surface area contributed by atoms with Crippen molar-refractivity contribution in [3.05, 3.63) is 51.6 Å². The molecule has 2 heterocycles. The number of hydrogen-bond donors (Lipinski definition) is 16. The molecule has 9 amide bonds. The minimum Gasteiger partial charge on any atom is -0.507 e. The van der Waals surface area contributed by atoms with Crippen LogP contribution >= 0.6 is 0 Å². The summed E-state index contributed by atoms with van der Waals surface area (Å²) in [4.78, 5) is 164. The number of nitrogens with one attached hydrogen (secondary N) is 7. The van der Waals surface area contributed by atoms with Crippen LogP contribution in [-0.4, -0.2) is 228 Å². The number of amides is 9. The van der Waals surface area contributed by atoms with Gasteiger partial charge in [-0.3, -0.25) is 57.5 Å². The van der Waals surface area contributed by atoms with Crippen molar-refractivity contribution in [2.75, 3.05) is 33.5 Å². The van der Waals surface area contributed by atoms with Crippen LogP contribution in [0.15, 0.2) is 18.2 Å². The molecule has 2 aromatic carbocycles. The normalized spacial score (nSPS) is 24.5.